The largest absolute Gasteiger partial charge is 0.378 e. The van der Waals surface area contributed by atoms with Crippen molar-refractivity contribution in [1.29, 1.82) is 0 Å². The molecule has 1 aliphatic heterocycles. The van der Waals surface area contributed by atoms with Crippen LogP contribution >= 0.6 is 0 Å². The molecule has 1 aromatic carbocycles. The van der Waals surface area contributed by atoms with Crippen molar-refractivity contribution in [1.82, 2.24) is 4.90 Å². The van der Waals surface area contributed by atoms with Gasteiger partial charge in [0.25, 0.3) is 0 Å². The summed E-state index contributed by atoms with van der Waals surface area (Å²) in [6.07, 6.45) is 2.89. The first-order valence-electron chi connectivity index (χ1n) is 7.49. The van der Waals surface area contributed by atoms with Gasteiger partial charge in [-0.05, 0) is 37.3 Å². The van der Waals surface area contributed by atoms with Gasteiger partial charge in [-0.3, -0.25) is 0 Å². The van der Waals surface area contributed by atoms with E-state index in [1.165, 1.54) is 24.9 Å². The molecule has 106 valence electrons. The van der Waals surface area contributed by atoms with Crippen molar-refractivity contribution in [3.8, 4) is 0 Å². The molecule has 0 aliphatic carbocycles. The smallest absolute Gasteiger partial charge is 0.0601 e. The molecule has 0 unspecified atom stereocenters. The minimum atomic E-state index is 0.462. The zero-order valence-corrected chi connectivity index (χ0v) is 12.5. The van der Waals surface area contributed by atoms with E-state index in [0.717, 1.165) is 19.1 Å². The van der Waals surface area contributed by atoms with Crippen molar-refractivity contribution in [2.45, 2.75) is 39.3 Å². The summed E-state index contributed by atoms with van der Waals surface area (Å²) in [6.45, 7) is 7.69. The van der Waals surface area contributed by atoms with Crippen LogP contribution in [0.2, 0.25) is 0 Å². The van der Waals surface area contributed by atoms with Crippen LogP contribution in [0.3, 0.4) is 0 Å². The Morgan fingerprint density at radius 2 is 2.00 bits per heavy atom. The van der Waals surface area contributed by atoms with Gasteiger partial charge in [-0.25, -0.2) is 0 Å². The third-order valence-electron chi connectivity index (χ3n) is 4.03. The van der Waals surface area contributed by atoms with Crippen LogP contribution in [-0.2, 0) is 11.3 Å². The number of ether oxygens (including phenoxy) is 1. The Kier molecular flexibility index (Phi) is 5.41. The molecule has 1 aromatic rings. The van der Waals surface area contributed by atoms with Crippen LogP contribution < -0.4 is 0 Å². The average molecular weight is 261 g/mol. The Morgan fingerprint density at radius 1 is 1.26 bits per heavy atom. The standard InChI is InChI=1S/C17H27NO/c1-14(2)17-11-16(9-10-19-17)13-18(3)12-15-7-5-4-6-8-15/h4-8,14,16-17H,9-13H2,1-3H3/t16-,17+/m1/s1. The van der Waals surface area contributed by atoms with E-state index >= 15 is 0 Å². The molecule has 1 aliphatic rings. The zero-order chi connectivity index (χ0) is 13.7. The van der Waals surface area contributed by atoms with Gasteiger partial charge in [0.2, 0.25) is 0 Å². The number of nitrogens with zero attached hydrogens (tertiary/aromatic N) is 1. The molecule has 1 saturated heterocycles. The minimum Gasteiger partial charge on any atom is -0.378 e. The highest BCUT2D eigenvalue weighted by Crippen LogP contribution is 2.25. The molecule has 1 heterocycles. The lowest BCUT2D eigenvalue weighted by atomic mass is 9.90. The second-order valence-electron chi connectivity index (χ2n) is 6.23. The van der Waals surface area contributed by atoms with E-state index in [4.69, 9.17) is 4.74 Å². The van der Waals surface area contributed by atoms with Crippen molar-refractivity contribution < 1.29 is 4.74 Å². The van der Waals surface area contributed by atoms with Crippen LogP contribution in [0.4, 0.5) is 0 Å². The molecule has 0 bridgehead atoms. The Bertz CT molecular complexity index is 363. The third-order valence-corrected chi connectivity index (χ3v) is 4.03. The van der Waals surface area contributed by atoms with E-state index in [1.54, 1.807) is 0 Å². The van der Waals surface area contributed by atoms with E-state index in [0.29, 0.717) is 12.0 Å². The zero-order valence-electron chi connectivity index (χ0n) is 12.5. The molecule has 2 nitrogen and oxygen atoms in total. The van der Waals surface area contributed by atoms with Crippen LogP contribution in [-0.4, -0.2) is 31.2 Å². The van der Waals surface area contributed by atoms with Gasteiger partial charge < -0.3 is 9.64 Å². The molecule has 19 heavy (non-hydrogen) atoms. The summed E-state index contributed by atoms with van der Waals surface area (Å²) in [4.78, 5) is 2.45. The van der Waals surface area contributed by atoms with Gasteiger partial charge in [-0.2, -0.15) is 0 Å². The van der Waals surface area contributed by atoms with Crippen LogP contribution in [0.15, 0.2) is 30.3 Å². The molecule has 0 aromatic heterocycles. The first kappa shape index (κ1) is 14.5. The van der Waals surface area contributed by atoms with Gasteiger partial charge >= 0.3 is 0 Å². The van der Waals surface area contributed by atoms with E-state index < -0.39 is 0 Å². The third kappa shape index (κ3) is 4.63. The highest BCUT2D eigenvalue weighted by molar-refractivity contribution is 5.14. The molecular formula is C17H27NO. The Morgan fingerprint density at radius 3 is 2.68 bits per heavy atom. The van der Waals surface area contributed by atoms with Crippen LogP contribution in [0.1, 0.15) is 32.3 Å². The van der Waals surface area contributed by atoms with Gasteiger partial charge in [-0.15, -0.1) is 0 Å². The van der Waals surface area contributed by atoms with E-state index in [9.17, 15) is 0 Å². The molecule has 0 N–H and O–H groups in total. The van der Waals surface area contributed by atoms with Crippen LogP contribution in [0.25, 0.3) is 0 Å². The maximum atomic E-state index is 5.85. The van der Waals surface area contributed by atoms with Gasteiger partial charge in [0, 0.05) is 19.7 Å². The fraction of sp³-hybridized carbons (Fsp3) is 0.647. The number of benzene rings is 1. The predicted molar refractivity (Wildman–Crippen MR) is 80.1 cm³/mol. The molecule has 0 radical (unpaired) electrons. The molecule has 2 atom stereocenters. The first-order valence-corrected chi connectivity index (χ1v) is 7.49. The Labute approximate surface area is 117 Å². The lowest BCUT2D eigenvalue weighted by Crippen LogP contribution is -2.35. The van der Waals surface area contributed by atoms with E-state index in [2.05, 4.69) is 56.1 Å². The SMILES string of the molecule is CC(C)[C@@H]1C[C@H](CN(C)Cc2ccccc2)CCO1. The number of hydrogen-bond acceptors (Lipinski definition) is 2. The number of rotatable bonds is 5. The lowest BCUT2D eigenvalue weighted by Gasteiger charge is -2.34. The van der Waals surface area contributed by atoms with Crippen molar-refractivity contribution in [3.05, 3.63) is 35.9 Å². The molecule has 2 heteroatoms. The summed E-state index contributed by atoms with van der Waals surface area (Å²) in [6, 6.07) is 10.7. The molecule has 1 fully saturated rings. The summed E-state index contributed by atoms with van der Waals surface area (Å²) < 4.78 is 5.85. The fourth-order valence-corrected chi connectivity index (χ4v) is 2.93. The quantitative estimate of drug-likeness (QED) is 0.803. The second kappa shape index (κ2) is 7.06. The first-order chi connectivity index (χ1) is 9.15. The molecule has 2 rings (SSSR count). The van der Waals surface area contributed by atoms with Crippen molar-refractivity contribution in [3.63, 3.8) is 0 Å². The van der Waals surface area contributed by atoms with Crippen molar-refractivity contribution in [2.24, 2.45) is 11.8 Å². The topological polar surface area (TPSA) is 12.5 Å². The fourth-order valence-electron chi connectivity index (χ4n) is 2.93. The van der Waals surface area contributed by atoms with Crippen molar-refractivity contribution in [2.75, 3.05) is 20.2 Å². The van der Waals surface area contributed by atoms with Crippen molar-refractivity contribution >= 4 is 0 Å². The highest BCUT2D eigenvalue weighted by atomic mass is 16.5. The van der Waals surface area contributed by atoms with Crippen LogP contribution in [0, 0.1) is 11.8 Å². The average Bonchev–Trinajstić information content (AvgIpc) is 2.40. The van der Waals surface area contributed by atoms with Gasteiger partial charge in [-0.1, -0.05) is 44.2 Å². The number of hydrogen-bond donors (Lipinski definition) is 0. The predicted octanol–water partition coefficient (Wildman–Crippen LogP) is 3.57. The summed E-state index contributed by atoms with van der Waals surface area (Å²) >= 11 is 0. The van der Waals surface area contributed by atoms with E-state index in [-0.39, 0.29) is 0 Å². The van der Waals surface area contributed by atoms with Gasteiger partial charge in [0.05, 0.1) is 6.10 Å². The summed E-state index contributed by atoms with van der Waals surface area (Å²) in [5.74, 6) is 1.43. The molecule has 0 spiro atoms. The Hall–Kier alpha value is -0.860. The molecule has 0 saturated carbocycles. The Balaban J connectivity index is 1.80. The van der Waals surface area contributed by atoms with E-state index in [1.807, 2.05) is 0 Å². The molecular weight excluding hydrogens is 234 g/mol. The maximum absolute atomic E-state index is 5.85. The molecule has 0 amide bonds. The summed E-state index contributed by atoms with van der Waals surface area (Å²) in [5, 5.41) is 0. The summed E-state index contributed by atoms with van der Waals surface area (Å²) in [5.41, 5.74) is 1.40. The lowest BCUT2D eigenvalue weighted by molar-refractivity contribution is -0.0389. The monoisotopic (exact) mass is 261 g/mol. The van der Waals surface area contributed by atoms with Gasteiger partial charge in [0.1, 0.15) is 0 Å². The normalized spacial score (nSPS) is 24.1. The summed E-state index contributed by atoms with van der Waals surface area (Å²) in [7, 11) is 2.23. The maximum Gasteiger partial charge on any atom is 0.0601 e. The van der Waals surface area contributed by atoms with Gasteiger partial charge in [0.15, 0.2) is 0 Å². The van der Waals surface area contributed by atoms with Crippen LogP contribution in [0.5, 0.6) is 0 Å². The second-order valence-corrected chi connectivity index (χ2v) is 6.23. The minimum absolute atomic E-state index is 0.462. The highest BCUT2D eigenvalue weighted by Gasteiger charge is 2.25.